The molecule has 3 rings (SSSR count). The maximum Gasteiger partial charge on any atom is 0.205 e. The van der Waals surface area contributed by atoms with Crippen LogP contribution in [-0.2, 0) is 0 Å². The van der Waals surface area contributed by atoms with Gasteiger partial charge in [0.1, 0.15) is 17.4 Å². The van der Waals surface area contributed by atoms with Crippen LogP contribution in [0.25, 0.3) is 0 Å². The molecule has 2 N–H and O–H groups in total. The summed E-state index contributed by atoms with van der Waals surface area (Å²) < 4.78 is 5.68. The number of benzene rings is 2. The highest BCUT2D eigenvalue weighted by molar-refractivity contribution is 6.42. The van der Waals surface area contributed by atoms with E-state index in [-0.39, 0.29) is 11.8 Å². The van der Waals surface area contributed by atoms with Crippen molar-refractivity contribution in [2.24, 2.45) is 5.73 Å². The van der Waals surface area contributed by atoms with Crippen LogP contribution in [0, 0.1) is 11.3 Å². The van der Waals surface area contributed by atoms with Crippen molar-refractivity contribution in [2.45, 2.75) is 5.92 Å². The molecule has 2 aromatic carbocycles. The van der Waals surface area contributed by atoms with E-state index in [4.69, 9.17) is 33.7 Å². The summed E-state index contributed by atoms with van der Waals surface area (Å²) >= 11 is 12.2. The maximum atomic E-state index is 9.55. The smallest absolute Gasteiger partial charge is 0.205 e. The van der Waals surface area contributed by atoms with Gasteiger partial charge >= 0.3 is 0 Å². The fourth-order valence-corrected chi connectivity index (χ4v) is 3.06. The summed E-state index contributed by atoms with van der Waals surface area (Å²) in [5.41, 5.74) is 9.03. The van der Waals surface area contributed by atoms with Gasteiger partial charge < -0.3 is 15.4 Å². The lowest BCUT2D eigenvalue weighted by atomic mass is 9.83. The number of nitriles is 1. The molecular formula is C18H15Cl2N3O. The summed E-state index contributed by atoms with van der Waals surface area (Å²) in [5.74, 6) is 0.399. The molecule has 4 nitrogen and oxygen atoms in total. The standard InChI is InChI=1S/C18H15Cl2N3O/c1-23(2)11-4-5-12-16(8-11)24-18(22)13(9-21)17(12)10-3-6-14(19)15(20)7-10/h3-8,17H,22H2,1-2H3/t17-/m0/s1. The molecule has 24 heavy (non-hydrogen) atoms. The molecule has 2 aromatic rings. The molecule has 0 radical (unpaired) electrons. The van der Waals surface area contributed by atoms with Crippen molar-refractivity contribution in [3.05, 3.63) is 69.0 Å². The first-order valence-corrected chi connectivity index (χ1v) is 8.01. The zero-order chi connectivity index (χ0) is 17.4. The van der Waals surface area contributed by atoms with Crippen LogP contribution in [0.3, 0.4) is 0 Å². The maximum absolute atomic E-state index is 9.55. The molecule has 1 aliphatic heterocycles. The van der Waals surface area contributed by atoms with E-state index < -0.39 is 0 Å². The number of nitrogens with zero attached hydrogens (tertiary/aromatic N) is 2. The van der Waals surface area contributed by atoms with Gasteiger partial charge in [-0.15, -0.1) is 0 Å². The molecule has 0 bridgehead atoms. The van der Waals surface area contributed by atoms with Crippen LogP contribution in [0.2, 0.25) is 10.0 Å². The Morgan fingerprint density at radius 1 is 1.12 bits per heavy atom. The van der Waals surface area contributed by atoms with Gasteiger partial charge in [-0.2, -0.15) is 5.26 Å². The molecule has 0 spiro atoms. The van der Waals surface area contributed by atoms with Gasteiger partial charge in [-0.05, 0) is 23.8 Å². The third-order valence-electron chi connectivity index (χ3n) is 4.00. The zero-order valence-electron chi connectivity index (χ0n) is 13.2. The van der Waals surface area contributed by atoms with E-state index in [1.807, 2.05) is 43.3 Å². The summed E-state index contributed by atoms with van der Waals surface area (Å²) in [6, 6.07) is 13.3. The Labute approximate surface area is 150 Å². The van der Waals surface area contributed by atoms with E-state index in [0.29, 0.717) is 21.4 Å². The lowest BCUT2D eigenvalue weighted by Gasteiger charge is -2.27. The van der Waals surface area contributed by atoms with Crippen molar-refractivity contribution in [1.82, 2.24) is 0 Å². The van der Waals surface area contributed by atoms with E-state index in [1.165, 1.54) is 0 Å². The average Bonchev–Trinajstić information content (AvgIpc) is 2.55. The highest BCUT2D eigenvalue weighted by Gasteiger charge is 2.31. The lowest BCUT2D eigenvalue weighted by molar-refractivity contribution is 0.394. The first kappa shape index (κ1) is 16.5. The molecular weight excluding hydrogens is 345 g/mol. The fourth-order valence-electron chi connectivity index (χ4n) is 2.76. The molecule has 6 heteroatoms. The highest BCUT2D eigenvalue weighted by atomic mass is 35.5. The van der Waals surface area contributed by atoms with Crippen LogP contribution >= 0.6 is 23.2 Å². The molecule has 1 heterocycles. The highest BCUT2D eigenvalue weighted by Crippen LogP contribution is 2.44. The average molecular weight is 360 g/mol. The van der Waals surface area contributed by atoms with Crippen LogP contribution in [0.15, 0.2) is 47.9 Å². The summed E-state index contributed by atoms with van der Waals surface area (Å²) in [5, 5.41) is 10.4. The predicted molar refractivity (Wildman–Crippen MR) is 96.5 cm³/mol. The van der Waals surface area contributed by atoms with Gasteiger partial charge in [0.05, 0.1) is 16.0 Å². The van der Waals surface area contributed by atoms with Gasteiger partial charge in [0.2, 0.25) is 5.88 Å². The predicted octanol–water partition coefficient (Wildman–Crippen LogP) is 4.28. The Kier molecular flexibility index (Phi) is 4.31. The SMILES string of the molecule is CN(C)c1ccc2c(c1)OC(N)=C(C#N)[C@H]2c1ccc(Cl)c(Cl)c1. The number of fused-ring (bicyclic) bond motifs is 1. The topological polar surface area (TPSA) is 62.3 Å². The second kappa shape index (κ2) is 6.27. The van der Waals surface area contributed by atoms with Crippen molar-refractivity contribution in [1.29, 1.82) is 5.26 Å². The van der Waals surface area contributed by atoms with Gasteiger partial charge in [0.25, 0.3) is 0 Å². The Balaban J connectivity index is 2.20. The largest absolute Gasteiger partial charge is 0.440 e. The molecule has 0 unspecified atom stereocenters. The zero-order valence-corrected chi connectivity index (χ0v) is 14.7. The number of anilines is 1. The number of rotatable bonds is 2. The van der Waals surface area contributed by atoms with Gasteiger partial charge in [-0.3, -0.25) is 0 Å². The van der Waals surface area contributed by atoms with E-state index >= 15 is 0 Å². The Morgan fingerprint density at radius 2 is 1.88 bits per heavy atom. The molecule has 0 aromatic heterocycles. The van der Waals surface area contributed by atoms with Gasteiger partial charge in [0, 0.05) is 31.4 Å². The van der Waals surface area contributed by atoms with Crippen LogP contribution in [0.1, 0.15) is 17.0 Å². The first-order valence-electron chi connectivity index (χ1n) is 7.26. The van der Waals surface area contributed by atoms with Crippen LogP contribution in [0.4, 0.5) is 5.69 Å². The summed E-state index contributed by atoms with van der Waals surface area (Å²) in [6.45, 7) is 0. The van der Waals surface area contributed by atoms with Crippen LogP contribution < -0.4 is 15.4 Å². The number of ether oxygens (including phenoxy) is 1. The van der Waals surface area contributed by atoms with Crippen molar-refractivity contribution in [3.63, 3.8) is 0 Å². The Bertz CT molecular complexity index is 884. The normalized spacial score (nSPS) is 16.2. The number of hydrogen-bond acceptors (Lipinski definition) is 4. The first-order chi connectivity index (χ1) is 11.4. The van der Waals surface area contributed by atoms with E-state index in [2.05, 4.69) is 6.07 Å². The quantitative estimate of drug-likeness (QED) is 0.869. The minimum Gasteiger partial charge on any atom is -0.440 e. The van der Waals surface area contributed by atoms with E-state index in [1.54, 1.807) is 12.1 Å². The molecule has 0 fully saturated rings. The number of halogens is 2. The summed E-state index contributed by atoms with van der Waals surface area (Å²) in [7, 11) is 3.89. The molecule has 1 aliphatic rings. The number of hydrogen-bond donors (Lipinski definition) is 1. The summed E-state index contributed by atoms with van der Waals surface area (Å²) in [4.78, 5) is 1.97. The van der Waals surface area contributed by atoms with Gasteiger partial charge in [-0.25, -0.2) is 0 Å². The third kappa shape index (κ3) is 2.77. The van der Waals surface area contributed by atoms with Crippen molar-refractivity contribution in [2.75, 3.05) is 19.0 Å². The molecule has 0 saturated heterocycles. The van der Waals surface area contributed by atoms with Crippen molar-refractivity contribution < 1.29 is 4.74 Å². The summed E-state index contributed by atoms with van der Waals surface area (Å²) in [6.07, 6.45) is 0. The van der Waals surface area contributed by atoms with Crippen LogP contribution in [-0.4, -0.2) is 14.1 Å². The molecule has 1 atom stereocenters. The fraction of sp³-hybridized carbons (Fsp3) is 0.167. The molecule has 0 aliphatic carbocycles. The molecule has 0 saturated carbocycles. The van der Waals surface area contributed by atoms with Crippen LogP contribution in [0.5, 0.6) is 5.75 Å². The Morgan fingerprint density at radius 3 is 2.50 bits per heavy atom. The van der Waals surface area contributed by atoms with E-state index in [0.717, 1.165) is 16.8 Å². The molecule has 0 amide bonds. The monoisotopic (exact) mass is 359 g/mol. The lowest BCUT2D eigenvalue weighted by Crippen LogP contribution is -2.21. The second-order valence-electron chi connectivity index (χ2n) is 5.71. The second-order valence-corrected chi connectivity index (χ2v) is 6.53. The van der Waals surface area contributed by atoms with Gasteiger partial charge in [-0.1, -0.05) is 35.3 Å². The van der Waals surface area contributed by atoms with Crippen molar-refractivity contribution >= 4 is 28.9 Å². The van der Waals surface area contributed by atoms with Gasteiger partial charge in [0.15, 0.2) is 0 Å². The number of nitrogens with two attached hydrogens (primary N) is 1. The Hall–Kier alpha value is -2.35. The minimum atomic E-state index is -0.343. The number of allylic oxidation sites excluding steroid dienone is 1. The third-order valence-corrected chi connectivity index (χ3v) is 4.74. The minimum absolute atomic E-state index is 0.108. The van der Waals surface area contributed by atoms with E-state index in [9.17, 15) is 5.26 Å². The van der Waals surface area contributed by atoms with Crippen molar-refractivity contribution in [3.8, 4) is 11.8 Å². The molecule has 122 valence electrons.